The molecule has 2 aromatic carbocycles. The maximum Gasteiger partial charge on any atom is 0.333 e. The number of imide groups is 1. The molecule has 0 aliphatic carbocycles. The van der Waals surface area contributed by atoms with Crippen LogP contribution in [0, 0.1) is 0 Å². The smallest absolute Gasteiger partial charge is 0.330 e. The third-order valence-electron chi connectivity index (χ3n) is 3.89. The zero-order valence-electron chi connectivity index (χ0n) is 13.3. The number of hydrogen-bond donors (Lipinski definition) is 0. The van der Waals surface area contributed by atoms with Gasteiger partial charge in [0.2, 0.25) is 0 Å². The quantitative estimate of drug-likeness (QED) is 0.640. The first-order valence-electron chi connectivity index (χ1n) is 7.76. The molecule has 6 nitrogen and oxygen atoms in total. The van der Waals surface area contributed by atoms with E-state index in [0.29, 0.717) is 16.5 Å². The first-order chi connectivity index (χ1) is 12.5. The summed E-state index contributed by atoms with van der Waals surface area (Å²) >= 11 is 7.39. The van der Waals surface area contributed by atoms with Crippen LogP contribution >= 0.6 is 22.9 Å². The monoisotopic (exact) mass is 386 g/mol. The van der Waals surface area contributed by atoms with Gasteiger partial charge in [0.25, 0.3) is 11.8 Å². The Kier molecular flexibility index (Phi) is 4.18. The fraction of sp³-hybridized carbons (Fsp3) is 0.111. The summed E-state index contributed by atoms with van der Waals surface area (Å²) in [5, 5.41) is 1.87. The van der Waals surface area contributed by atoms with Crippen LogP contribution in [-0.2, 0) is 16.1 Å². The number of hydroxylamine groups is 2. The molecule has 4 rings (SSSR count). The van der Waals surface area contributed by atoms with Crippen molar-refractivity contribution in [2.45, 2.75) is 12.8 Å². The molecule has 1 aliphatic heterocycles. The molecule has 0 spiro atoms. The molecule has 0 radical (unpaired) electrons. The van der Waals surface area contributed by atoms with E-state index in [9.17, 15) is 14.4 Å². The van der Waals surface area contributed by atoms with Crippen LogP contribution in [0.25, 0.3) is 10.2 Å². The number of carbonyl (C=O) groups excluding carboxylic acids is 3. The Morgan fingerprint density at radius 3 is 2.50 bits per heavy atom. The average molecular weight is 387 g/mol. The number of fused-ring (bicyclic) bond motifs is 2. The van der Waals surface area contributed by atoms with Gasteiger partial charge in [-0.25, -0.2) is 9.78 Å². The summed E-state index contributed by atoms with van der Waals surface area (Å²) in [6, 6.07) is 11.8. The van der Waals surface area contributed by atoms with Crippen molar-refractivity contribution in [3.8, 4) is 0 Å². The third kappa shape index (κ3) is 2.95. The normalized spacial score (nSPS) is 13.3. The van der Waals surface area contributed by atoms with Gasteiger partial charge in [-0.3, -0.25) is 9.59 Å². The second-order valence-electron chi connectivity index (χ2n) is 5.63. The van der Waals surface area contributed by atoms with Crippen molar-refractivity contribution < 1.29 is 19.2 Å². The summed E-state index contributed by atoms with van der Waals surface area (Å²) in [5.74, 6) is -1.93. The van der Waals surface area contributed by atoms with Gasteiger partial charge in [0.15, 0.2) is 0 Å². The van der Waals surface area contributed by atoms with E-state index in [2.05, 4.69) is 4.98 Å². The van der Waals surface area contributed by atoms with E-state index in [4.69, 9.17) is 16.4 Å². The van der Waals surface area contributed by atoms with Gasteiger partial charge in [-0.15, -0.1) is 11.3 Å². The van der Waals surface area contributed by atoms with Crippen LogP contribution < -0.4 is 0 Å². The zero-order valence-corrected chi connectivity index (χ0v) is 14.8. The maximum absolute atomic E-state index is 12.2. The molecule has 2 amide bonds. The molecule has 0 unspecified atom stereocenters. The highest BCUT2D eigenvalue weighted by Crippen LogP contribution is 2.26. The summed E-state index contributed by atoms with van der Waals surface area (Å²) < 4.78 is 0.970. The standard InChI is InChI=1S/C18H11ClN2O4S/c19-10-5-6-14-13(9-10)20-15(26-14)7-8-16(22)25-21-17(23)11-3-1-2-4-12(11)18(21)24/h1-6,9H,7-8H2. The third-order valence-corrected chi connectivity index (χ3v) is 5.22. The topological polar surface area (TPSA) is 76.6 Å². The minimum atomic E-state index is -0.670. The summed E-state index contributed by atoms with van der Waals surface area (Å²) in [5.41, 5.74) is 1.23. The van der Waals surface area contributed by atoms with E-state index in [1.807, 2.05) is 6.07 Å². The maximum atomic E-state index is 12.2. The van der Waals surface area contributed by atoms with Crippen molar-refractivity contribution in [2.75, 3.05) is 0 Å². The van der Waals surface area contributed by atoms with Crippen LogP contribution in [0.4, 0.5) is 0 Å². The number of hydrogen-bond acceptors (Lipinski definition) is 6. The molecule has 0 bridgehead atoms. The van der Waals surface area contributed by atoms with Crippen LogP contribution in [0.5, 0.6) is 0 Å². The van der Waals surface area contributed by atoms with Crippen molar-refractivity contribution in [1.82, 2.24) is 10.0 Å². The van der Waals surface area contributed by atoms with Gasteiger partial charge >= 0.3 is 5.97 Å². The van der Waals surface area contributed by atoms with Gasteiger partial charge in [-0.05, 0) is 30.3 Å². The number of thiazole rings is 1. The van der Waals surface area contributed by atoms with Gasteiger partial charge in [0.05, 0.1) is 32.8 Å². The first kappa shape index (κ1) is 16.7. The molecule has 2 heterocycles. The Hall–Kier alpha value is -2.77. The molecular weight excluding hydrogens is 376 g/mol. The highest BCUT2D eigenvalue weighted by molar-refractivity contribution is 7.18. The lowest BCUT2D eigenvalue weighted by Gasteiger charge is -2.12. The van der Waals surface area contributed by atoms with Crippen molar-refractivity contribution in [1.29, 1.82) is 0 Å². The SMILES string of the molecule is O=C(CCc1nc2cc(Cl)ccc2s1)ON1C(=O)c2ccccc2C1=O. The van der Waals surface area contributed by atoms with E-state index in [0.717, 1.165) is 15.2 Å². The van der Waals surface area contributed by atoms with Gasteiger partial charge < -0.3 is 4.84 Å². The number of halogens is 1. The average Bonchev–Trinajstić information content (AvgIpc) is 3.14. The Balaban J connectivity index is 1.41. The Labute approximate surface area is 156 Å². The second-order valence-corrected chi connectivity index (χ2v) is 7.18. The van der Waals surface area contributed by atoms with E-state index in [-0.39, 0.29) is 17.5 Å². The number of aromatic nitrogens is 1. The van der Waals surface area contributed by atoms with E-state index in [1.54, 1.807) is 24.3 Å². The largest absolute Gasteiger partial charge is 0.333 e. The lowest BCUT2D eigenvalue weighted by atomic mass is 10.1. The van der Waals surface area contributed by atoms with Crippen molar-refractivity contribution in [3.63, 3.8) is 0 Å². The Morgan fingerprint density at radius 1 is 1.12 bits per heavy atom. The van der Waals surface area contributed by atoms with Crippen LogP contribution in [0.1, 0.15) is 32.1 Å². The molecule has 3 aromatic rings. The number of nitrogens with zero attached hydrogens (tertiary/aromatic N) is 2. The molecule has 26 heavy (non-hydrogen) atoms. The number of carbonyl (C=O) groups is 3. The second kappa shape index (κ2) is 6.51. The molecule has 0 fully saturated rings. The number of amides is 2. The Bertz CT molecular complexity index is 1030. The fourth-order valence-electron chi connectivity index (χ4n) is 2.66. The molecule has 1 aliphatic rings. The summed E-state index contributed by atoms with van der Waals surface area (Å²) in [6.45, 7) is 0. The molecule has 0 saturated carbocycles. The number of aryl methyl sites for hydroxylation is 1. The lowest BCUT2D eigenvalue weighted by molar-refractivity contribution is -0.168. The van der Waals surface area contributed by atoms with E-state index in [1.165, 1.54) is 23.5 Å². The first-order valence-corrected chi connectivity index (χ1v) is 8.96. The minimum Gasteiger partial charge on any atom is -0.330 e. The van der Waals surface area contributed by atoms with Gasteiger partial charge in [0, 0.05) is 11.4 Å². The highest BCUT2D eigenvalue weighted by Gasteiger charge is 2.38. The van der Waals surface area contributed by atoms with Crippen molar-refractivity contribution in [3.05, 3.63) is 63.6 Å². The molecule has 1 aromatic heterocycles. The van der Waals surface area contributed by atoms with Crippen LogP contribution in [0.2, 0.25) is 5.02 Å². The van der Waals surface area contributed by atoms with Gasteiger partial charge in [-0.1, -0.05) is 28.8 Å². The van der Waals surface area contributed by atoms with Crippen LogP contribution in [0.3, 0.4) is 0 Å². The number of rotatable bonds is 4. The molecule has 8 heteroatoms. The van der Waals surface area contributed by atoms with Crippen LogP contribution in [-0.4, -0.2) is 27.8 Å². The predicted octanol–water partition coefficient (Wildman–Crippen LogP) is 3.64. The van der Waals surface area contributed by atoms with E-state index < -0.39 is 17.8 Å². The summed E-state index contributed by atoms with van der Waals surface area (Å²) in [4.78, 5) is 45.8. The predicted molar refractivity (Wildman–Crippen MR) is 96.0 cm³/mol. The van der Waals surface area contributed by atoms with Crippen LogP contribution in [0.15, 0.2) is 42.5 Å². The van der Waals surface area contributed by atoms with Crippen molar-refractivity contribution in [2.24, 2.45) is 0 Å². The number of benzene rings is 2. The molecule has 0 atom stereocenters. The van der Waals surface area contributed by atoms with Gasteiger partial charge in [-0.2, -0.15) is 0 Å². The van der Waals surface area contributed by atoms with Crippen molar-refractivity contribution >= 4 is 50.9 Å². The zero-order chi connectivity index (χ0) is 18.3. The summed E-state index contributed by atoms with van der Waals surface area (Å²) in [6.07, 6.45) is 0.347. The molecule has 130 valence electrons. The molecule has 0 saturated heterocycles. The molecule has 0 N–H and O–H groups in total. The Morgan fingerprint density at radius 2 is 1.81 bits per heavy atom. The summed E-state index contributed by atoms with van der Waals surface area (Å²) in [7, 11) is 0. The van der Waals surface area contributed by atoms with E-state index >= 15 is 0 Å². The fourth-order valence-corrected chi connectivity index (χ4v) is 3.78. The lowest BCUT2D eigenvalue weighted by Crippen LogP contribution is -2.32. The minimum absolute atomic E-state index is 0.000952. The highest BCUT2D eigenvalue weighted by atomic mass is 35.5. The van der Waals surface area contributed by atoms with Gasteiger partial charge in [0.1, 0.15) is 0 Å². The molecular formula is C18H11ClN2O4S.